The fourth-order valence-corrected chi connectivity index (χ4v) is 4.42. The van der Waals surface area contributed by atoms with Gasteiger partial charge in [0.25, 0.3) is 5.91 Å². The predicted octanol–water partition coefficient (Wildman–Crippen LogP) is 4.50. The summed E-state index contributed by atoms with van der Waals surface area (Å²) in [6.45, 7) is 1.76. The summed E-state index contributed by atoms with van der Waals surface area (Å²) in [6.07, 6.45) is 0.609. The molecule has 1 aliphatic heterocycles. The number of fused-ring (bicyclic) bond motifs is 1. The van der Waals surface area contributed by atoms with E-state index in [0.29, 0.717) is 13.0 Å². The molecule has 1 heterocycles. The third-order valence-electron chi connectivity index (χ3n) is 5.56. The van der Waals surface area contributed by atoms with Crippen molar-refractivity contribution >= 4 is 44.2 Å². The molecule has 2 atom stereocenters. The molecule has 0 radical (unpaired) electrons. The highest BCUT2D eigenvalue weighted by Crippen LogP contribution is 2.37. The first-order valence-electron chi connectivity index (χ1n) is 9.55. The monoisotopic (exact) mass is 449 g/mol. The van der Waals surface area contributed by atoms with Crippen LogP contribution in [0.5, 0.6) is 0 Å². The van der Waals surface area contributed by atoms with Crippen molar-refractivity contribution in [3.63, 3.8) is 0 Å². The van der Waals surface area contributed by atoms with Gasteiger partial charge in [0.2, 0.25) is 5.78 Å². The summed E-state index contributed by atoms with van der Waals surface area (Å²) in [7, 11) is 0. The number of carbonyl (C=O) groups excluding carboxylic acids is 3. The van der Waals surface area contributed by atoms with Crippen LogP contribution in [0.3, 0.4) is 0 Å². The normalized spacial score (nSPS) is 19.2. The quantitative estimate of drug-likeness (QED) is 0.425. The molecule has 3 aromatic rings. The van der Waals surface area contributed by atoms with Crippen molar-refractivity contribution in [2.75, 3.05) is 6.54 Å². The third kappa shape index (κ3) is 3.62. The van der Waals surface area contributed by atoms with Gasteiger partial charge in [0, 0.05) is 11.0 Å². The van der Waals surface area contributed by atoms with E-state index >= 15 is 0 Å². The lowest BCUT2D eigenvalue weighted by Gasteiger charge is -2.27. The zero-order valence-corrected chi connectivity index (χ0v) is 17.6. The van der Waals surface area contributed by atoms with Crippen LogP contribution in [0.2, 0.25) is 0 Å². The number of amides is 1. The predicted molar refractivity (Wildman–Crippen MR) is 115 cm³/mol. The summed E-state index contributed by atoms with van der Waals surface area (Å²) < 4.78 is 0.901. The average Bonchev–Trinajstić information content (AvgIpc) is 2.97. The Morgan fingerprint density at radius 1 is 0.966 bits per heavy atom. The summed E-state index contributed by atoms with van der Waals surface area (Å²) in [5.41, 5.74) is 1.91. The fourth-order valence-electron chi connectivity index (χ4n) is 4.16. The van der Waals surface area contributed by atoms with Crippen molar-refractivity contribution in [3.8, 4) is 0 Å². The number of Topliss-reactive ketones (excluding diaryl/α,β-unsaturated/α-hetero) is 2. The van der Waals surface area contributed by atoms with Gasteiger partial charge >= 0.3 is 0 Å². The molecule has 29 heavy (non-hydrogen) atoms. The molecule has 0 N–H and O–H groups in total. The second kappa shape index (κ2) is 7.91. The molecule has 0 spiro atoms. The zero-order chi connectivity index (χ0) is 20.5. The smallest absolute Gasteiger partial charge is 0.291 e. The Morgan fingerprint density at radius 3 is 2.38 bits per heavy atom. The third-order valence-corrected chi connectivity index (χ3v) is 6.09. The van der Waals surface area contributed by atoms with Crippen LogP contribution >= 0.6 is 15.9 Å². The Morgan fingerprint density at radius 2 is 1.66 bits per heavy atom. The largest absolute Gasteiger partial charge is 0.328 e. The lowest BCUT2D eigenvalue weighted by atomic mass is 9.90. The van der Waals surface area contributed by atoms with Gasteiger partial charge in [-0.1, -0.05) is 70.5 Å². The van der Waals surface area contributed by atoms with E-state index in [0.717, 1.165) is 26.4 Å². The number of likely N-dealkylation sites (tertiary alicyclic amines) is 1. The molecular formula is C24H20BrNO3. The summed E-state index contributed by atoms with van der Waals surface area (Å²) in [6, 6.07) is 21.1. The average molecular weight is 450 g/mol. The number of ketones is 2. The van der Waals surface area contributed by atoms with E-state index in [1.165, 1.54) is 6.92 Å². The summed E-state index contributed by atoms with van der Waals surface area (Å²) in [5, 5.41) is 2.27. The van der Waals surface area contributed by atoms with Crippen molar-refractivity contribution in [2.45, 2.75) is 19.4 Å². The standard InChI is InChI=1S/C24H20BrNO3/c1-15(27)21-22(18-9-11-19(25)12-10-18)26(24(29)23(21)28)14-13-17-7-4-6-16-5-2-3-8-20(16)17/h2-12,21-22H,13-14H2,1H3. The highest BCUT2D eigenvalue weighted by atomic mass is 79.9. The maximum atomic E-state index is 12.8. The number of rotatable bonds is 5. The number of carbonyl (C=O) groups is 3. The number of hydrogen-bond donors (Lipinski definition) is 0. The second-order valence-corrected chi connectivity index (χ2v) is 8.25. The van der Waals surface area contributed by atoms with Gasteiger partial charge in [0.15, 0.2) is 0 Å². The molecule has 0 bridgehead atoms. The van der Waals surface area contributed by atoms with Gasteiger partial charge in [0.1, 0.15) is 11.7 Å². The molecule has 4 rings (SSSR count). The minimum atomic E-state index is -0.948. The van der Waals surface area contributed by atoms with Gasteiger partial charge in [-0.05, 0) is 47.4 Å². The van der Waals surface area contributed by atoms with Crippen LogP contribution in [-0.2, 0) is 20.8 Å². The van der Waals surface area contributed by atoms with Crippen LogP contribution in [0.25, 0.3) is 10.8 Å². The Hall–Kier alpha value is -2.79. The molecule has 0 saturated carbocycles. The van der Waals surface area contributed by atoms with Crippen molar-refractivity contribution in [1.29, 1.82) is 0 Å². The van der Waals surface area contributed by atoms with Crippen molar-refractivity contribution < 1.29 is 14.4 Å². The van der Waals surface area contributed by atoms with E-state index in [9.17, 15) is 14.4 Å². The molecule has 146 valence electrons. The highest BCUT2D eigenvalue weighted by molar-refractivity contribution is 9.10. The number of halogens is 1. The maximum absolute atomic E-state index is 12.8. The highest BCUT2D eigenvalue weighted by Gasteiger charge is 2.49. The lowest BCUT2D eigenvalue weighted by Crippen LogP contribution is -2.32. The number of hydrogen-bond acceptors (Lipinski definition) is 3. The molecule has 1 fully saturated rings. The summed E-state index contributed by atoms with van der Waals surface area (Å²) >= 11 is 3.41. The first-order chi connectivity index (χ1) is 14.0. The Labute approximate surface area is 177 Å². The van der Waals surface area contributed by atoms with Crippen LogP contribution in [0.15, 0.2) is 71.2 Å². The van der Waals surface area contributed by atoms with Gasteiger partial charge in [-0.3, -0.25) is 14.4 Å². The molecule has 1 amide bonds. The SMILES string of the molecule is CC(=O)C1C(=O)C(=O)N(CCc2cccc3ccccc23)C1c1ccc(Br)cc1. The molecule has 1 saturated heterocycles. The van der Waals surface area contributed by atoms with E-state index in [-0.39, 0.29) is 5.78 Å². The van der Waals surface area contributed by atoms with Gasteiger partial charge in [-0.25, -0.2) is 0 Å². The van der Waals surface area contributed by atoms with Crippen LogP contribution in [0, 0.1) is 5.92 Å². The van der Waals surface area contributed by atoms with Gasteiger partial charge in [-0.15, -0.1) is 0 Å². The van der Waals surface area contributed by atoms with Crippen molar-refractivity contribution in [2.24, 2.45) is 5.92 Å². The molecule has 0 aromatic heterocycles. The minimum absolute atomic E-state index is 0.274. The second-order valence-electron chi connectivity index (χ2n) is 7.34. The van der Waals surface area contributed by atoms with Gasteiger partial charge in [-0.2, -0.15) is 0 Å². The van der Waals surface area contributed by atoms with E-state index in [4.69, 9.17) is 0 Å². The van der Waals surface area contributed by atoms with Crippen LogP contribution in [0.1, 0.15) is 24.1 Å². The molecule has 1 aliphatic rings. The minimum Gasteiger partial charge on any atom is -0.328 e. The molecule has 0 aliphatic carbocycles. The molecular weight excluding hydrogens is 430 g/mol. The molecule has 2 unspecified atom stereocenters. The van der Waals surface area contributed by atoms with Crippen molar-refractivity contribution in [1.82, 2.24) is 4.90 Å². The van der Waals surface area contributed by atoms with E-state index in [2.05, 4.69) is 34.1 Å². The maximum Gasteiger partial charge on any atom is 0.291 e. The van der Waals surface area contributed by atoms with E-state index < -0.39 is 23.7 Å². The van der Waals surface area contributed by atoms with Crippen molar-refractivity contribution in [3.05, 3.63) is 82.3 Å². The lowest BCUT2D eigenvalue weighted by molar-refractivity contribution is -0.142. The van der Waals surface area contributed by atoms with E-state index in [1.807, 2.05) is 48.5 Å². The molecule has 3 aromatic carbocycles. The first-order valence-corrected chi connectivity index (χ1v) is 10.3. The van der Waals surface area contributed by atoms with Crippen LogP contribution in [0.4, 0.5) is 0 Å². The number of benzene rings is 3. The summed E-state index contributed by atoms with van der Waals surface area (Å²) in [5.74, 6) is -2.40. The van der Waals surface area contributed by atoms with E-state index in [1.54, 1.807) is 4.90 Å². The molecule has 4 nitrogen and oxygen atoms in total. The summed E-state index contributed by atoms with van der Waals surface area (Å²) in [4.78, 5) is 39.2. The Bertz CT molecular complexity index is 1100. The van der Waals surface area contributed by atoms with Gasteiger partial charge < -0.3 is 4.90 Å². The first kappa shape index (κ1) is 19.5. The molecule has 5 heteroatoms. The topological polar surface area (TPSA) is 54.5 Å². The number of nitrogens with zero attached hydrogens (tertiary/aromatic N) is 1. The Kier molecular flexibility index (Phi) is 5.33. The van der Waals surface area contributed by atoms with Crippen LogP contribution < -0.4 is 0 Å². The fraction of sp³-hybridized carbons (Fsp3) is 0.208. The van der Waals surface area contributed by atoms with Crippen LogP contribution in [-0.4, -0.2) is 28.9 Å². The van der Waals surface area contributed by atoms with Gasteiger partial charge in [0.05, 0.1) is 6.04 Å². The zero-order valence-electron chi connectivity index (χ0n) is 16.0. The Balaban J connectivity index is 1.68.